The monoisotopic (exact) mass is 194 g/mol. The second-order valence-electron chi connectivity index (χ2n) is 3.03. The molecular weight excluding hydrogens is 180 g/mol. The van der Waals surface area contributed by atoms with Crippen molar-refractivity contribution in [2.75, 3.05) is 7.11 Å². The number of esters is 1. The summed E-state index contributed by atoms with van der Waals surface area (Å²) in [5.74, 6) is -0.262. The molecule has 0 radical (unpaired) electrons. The number of rotatable bonds is 4. The Balaban J connectivity index is 2.58. The Kier molecular flexibility index (Phi) is 4.13. The van der Waals surface area contributed by atoms with E-state index in [-0.39, 0.29) is 5.97 Å². The maximum atomic E-state index is 10.6. The third kappa shape index (κ3) is 3.58. The number of hydrogen-bond donors (Lipinski definition) is 0. The van der Waals surface area contributed by atoms with Crippen molar-refractivity contribution in [1.29, 1.82) is 0 Å². The predicted octanol–water partition coefficient (Wildman–Crippen LogP) is 1.90. The van der Waals surface area contributed by atoms with E-state index in [1.54, 1.807) is 7.11 Å². The molecule has 0 aliphatic carbocycles. The Labute approximate surface area is 83.6 Å². The molecule has 1 aromatic carbocycles. The van der Waals surface area contributed by atoms with Crippen LogP contribution in [0.5, 0.6) is 0 Å². The van der Waals surface area contributed by atoms with E-state index in [0.717, 1.165) is 11.1 Å². The van der Waals surface area contributed by atoms with Crippen LogP contribution >= 0.6 is 0 Å². The molecule has 0 aliphatic heterocycles. The predicted molar refractivity (Wildman–Crippen MR) is 52.6 cm³/mol. The zero-order chi connectivity index (χ0) is 10.4. The molecule has 0 N–H and O–H groups in total. The number of hydrogen-bond acceptors (Lipinski definition) is 3. The zero-order valence-corrected chi connectivity index (χ0v) is 8.45. The van der Waals surface area contributed by atoms with Crippen LogP contribution in [0.3, 0.4) is 0 Å². The summed E-state index contributed by atoms with van der Waals surface area (Å²) >= 11 is 0. The molecule has 76 valence electrons. The summed E-state index contributed by atoms with van der Waals surface area (Å²) in [4.78, 5) is 10.6. The fourth-order valence-electron chi connectivity index (χ4n) is 1.16. The molecule has 1 aromatic rings. The van der Waals surface area contributed by atoms with Crippen molar-refractivity contribution in [2.24, 2.45) is 0 Å². The highest BCUT2D eigenvalue weighted by Gasteiger charge is 1.98. The Morgan fingerprint density at radius 2 is 1.93 bits per heavy atom. The lowest BCUT2D eigenvalue weighted by Gasteiger charge is -2.04. The second kappa shape index (κ2) is 5.40. The Bertz CT molecular complexity index is 307. The number of carbonyl (C=O) groups excluding carboxylic acids is 1. The van der Waals surface area contributed by atoms with E-state index in [4.69, 9.17) is 9.47 Å². The molecule has 0 saturated carbocycles. The third-order valence-corrected chi connectivity index (χ3v) is 1.74. The summed E-state index contributed by atoms with van der Waals surface area (Å²) in [7, 11) is 1.65. The standard InChI is InChI=1S/C11H14O3/c1-9(12)14-8-11-5-3-4-10(6-11)7-13-2/h3-6H,7-8H2,1-2H3. The van der Waals surface area contributed by atoms with Gasteiger partial charge < -0.3 is 9.47 Å². The molecule has 14 heavy (non-hydrogen) atoms. The van der Waals surface area contributed by atoms with Crippen molar-refractivity contribution < 1.29 is 14.3 Å². The van der Waals surface area contributed by atoms with Crippen molar-refractivity contribution in [3.8, 4) is 0 Å². The summed E-state index contributed by atoms with van der Waals surface area (Å²) in [5, 5.41) is 0. The molecule has 0 atom stereocenters. The topological polar surface area (TPSA) is 35.5 Å². The molecule has 0 aromatic heterocycles. The average molecular weight is 194 g/mol. The molecule has 0 unspecified atom stereocenters. The van der Waals surface area contributed by atoms with Gasteiger partial charge in [-0.1, -0.05) is 24.3 Å². The molecule has 3 heteroatoms. The molecule has 0 amide bonds. The van der Waals surface area contributed by atoms with E-state index < -0.39 is 0 Å². The van der Waals surface area contributed by atoms with E-state index >= 15 is 0 Å². The molecule has 0 aliphatic rings. The van der Waals surface area contributed by atoms with Gasteiger partial charge in [0.25, 0.3) is 0 Å². The first-order valence-corrected chi connectivity index (χ1v) is 4.42. The zero-order valence-electron chi connectivity index (χ0n) is 8.45. The van der Waals surface area contributed by atoms with Crippen molar-refractivity contribution in [1.82, 2.24) is 0 Å². The first-order chi connectivity index (χ1) is 6.72. The van der Waals surface area contributed by atoms with Gasteiger partial charge in [0.15, 0.2) is 0 Å². The smallest absolute Gasteiger partial charge is 0.302 e. The van der Waals surface area contributed by atoms with Crippen LogP contribution in [0.25, 0.3) is 0 Å². The summed E-state index contributed by atoms with van der Waals surface area (Å²) in [6.45, 7) is 2.31. The van der Waals surface area contributed by atoms with E-state index in [1.807, 2.05) is 24.3 Å². The maximum absolute atomic E-state index is 10.6. The third-order valence-electron chi connectivity index (χ3n) is 1.74. The van der Waals surface area contributed by atoms with Crippen LogP contribution < -0.4 is 0 Å². The van der Waals surface area contributed by atoms with Crippen LogP contribution in [0.1, 0.15) is 18.1 Å². The van der Waals surface area contributed by atoms with Gasteiger partial charge in [-0.3, -0.25) is 4.79 Å². The summed E-state index contributed by atoms with van der Waals surface area (Å²) in [6.07, 6.45) is 0. The molecule has 0 spiro atoms. The van der Waals surface area contributed by atoms with E-state index in [2.05, 4.69) is 0 Å². The van der Waals surface area contributed by atoms with E-state index in [1.165, 1.54) is 6.92 Å². The van der Waals surface area contributed by atoms with Gasteiger partial charge in [0, 0.05) is 14.0 Å². The minimum absolute atomic E-state index is 0.262. The van der Waals surface area contributed by atoms with Crippen LogP contribution in [0.15, 0.2) is 24.3 Å². The minimum atomic E-state index is -0.262. The fourth-order valence-corrected chi connectivity index (χ4v) is 1.16. The molecule has 1 rings (SSSR count). The van der Waals surface area contributed by atoms with Crippen LogP contribution in [0, 0.1) is 0 Å². The Hall–Kier alpha value is -1.35. The number of ether oxygens (including phenoxy) is 2. The molecule has 0 fully saturated rings. The first-order valence-electron chi connectivity index (χ1n) is 4.42. The minimum Gasteiger partial charge on any atom is -0.461 e. The van der Waals surface area contributed by atoms with Gasteiger partial charge in [-0.15, -0.1) is 0 Å². The van der Waals surface area contributed by atoms with Crippen molar-refractivity contribution >= 4 is 5.97 Å². The van der Waals surface area contributed by atoms with Crippen LogP contribution in [-0.4, -0.2) is 13.1 Å². The Morgan fingerprint density at radius 1 is 1.29 bits per heavy atom. The van der Waals surface area contributed by atoms with Crippen molar-refractivity contribution in [2.45, 2.75) is 20.1 Å². The lowest BCUT2D eigenvalue weighted by Crippen LogP contribution is -1.99. The summed E-state index contributed by atoms with van der Waals surface area (Å²) in [5.41, 5.74) is 2.06. The second-order valence-corrected chi connectivity index (χ2v) is 3.03. The number of benzene rings is 1. The SMILES string of the molecule is COCc1cccc(COC(C)=O)c1. The van der Waals surface area contributed by atoms with Gasteiger partial charge in [-0.2, -0.15) is 0 Å². The molecule has 0 saturated heterocycles. The van der Waals surface area contributed by atoms with E-state index in [0.29, 0.717) is 13.2 Å². The van der Waals surface area contributed by atoms with Crippen molar-refractivity contribution in [3.05, 3.63) is 35.4 Å². The average Bonchev–Trinajstić information content (AvgIpc) is 2.16. The lowest BCUT2D eigenvalue weighted by atomic mass is 10.1. The molecule has 0 bridgehead atoms. The van der Waals surface area contributed by atoms with Gasteiger partial charge in [-0.05, 0) is 11.1 Å². The van der Waals surface area contributed by atoms with Crippen LogP contribution in [0.4, 0.5) is 0 Å². The van der Waals surface area contributed by atoms with Gasteiger partial charge >= 0.3 is 5.97 Å². The van der Waals surface area contributed by atoms with Gasteiger partial charge in [0.1, 0.15) is 6.61 Å². The van der Waals surface area contributed by atoms with Gasteiger partial charge in [-0.25, -0.2) is 0 Å². The normalized spacial score (nSPS) is 9.86. The van der Waals surface area contributed by atoms with E-state index in [9.17, 15) is 4.79 Å². The lowest BCUT2D eigenvalue weighted by molar-refractivity contribution is -0.142. The first kappa shape index (κ1) is 10.7. The van der Waals surface area contributed by atoms with Crippen LogP contribution in [-0.2, 0) is 27.5 Å². The number of methoxy groups -OCH3 is 1. The maximum Gasteiger partial charge on any atom is 0.302 e. The van der Waals surface area contributed by atoms with Gasteiger partial charge in [0.05, 0.1) is 6.61 Å². The fraction of sp³-hybridized carbons (Fsp3) is 0.364. The summed E-state index contributed by atoms with van der Waals surface area (Å²) < 4.78 is 9.88. The quantitative estimate of drug-likeness (QED) is 0.687. The van der Waals surface area contributed by atoms with Crippen molar-refractivity contribution in [3.63, 3.8) is 0 Å². The highest BCUT2D eigenvalue weighted by atomic mass is 16.5. The largest absolute Gasteiger partial charge is 0.461 e. The molecule has 0 heterocycles. The summed E-state index contributed by atoms with van der Waals surface area (Å²) in [6, 6.07) is 7.78. The molecule has 3 nitrogen and oxygen atoms in total. The van der Waals surface area contributed by atoms with Gasteiger partial charge in [0.2, 0.25) is 0 Å². The highest BCUT2D eigenvalue weighted by molar-refractivity contribution is 5.65. The molecular formula is C11H14O3. The number of carbonyl (C=O) groups is 1. The van der Waals surface area contributed by atoms with Crippen LogP contribution in [0.2, 0.25) is 0 Å². The Morgan fingerprint density at radius 3 is 2.50 bits per heavy atom. The highest BCUT2D eigenvalue weighted by Crippen LogP contribution is 2.07.